The number of Topliss-reactive ketones (excluding diaryl/α,β-unsaturated/α-hetero) is 2. The van der Waals surface area contributed by atoms with Crippen molar-refractivity contribution < 1.29 is 19.1 Å². The Balaban J connectivity index is 1.28. The lowest BCUT2D eigenvalue weighted by atomic mass is 9.71. The zero-order valence-corrected chi connectivity index (χ0v) is 25.4. The van der Waals surface area contributed by atoms with Crippen LogP contribution >= 0.6 is 0 Å². The molecule has 0 saturated heterocycles. The molecule has 1 aliphatic heterocycles. The van der Waals surface area contributed by atoms with Gasteiger partial charge in [-0.05, 0) is 72.2 Å². The molecule has 7 rings (SSSR count). The van der Waals surface area contributed by atoms with Crippen LogP contribution in [0.2, 0.25) is 0 Å². The molecule has 0 bridgehead atoms. The Bertz CT molecular complexity index is 1790. The van der Waals surface area contributed by atoms with E-state index >= 15 is 0 Å². The number of rotatable bonds is 7. The number of aryl methyl sites for hydroxylation is 1. The molecule has 3 aliphatic rings. The average Bonchev–Trinajstić information content (AvgIpc) is 3.05. The van der Waals surface area contributed by atoms with Gasteiger partial charge in [0.15, 0.2) is 23.1 Å². The predicted molar refractivity (Wildman–Crippen MR) is 173 cm³/mol. The molecule has 0 unspecified atom stereocenters. The molecule has 0 atom stereocenters. The predicted octanol–water partition coefficient (Wildman–Crippen LogP) is 8.35. The van der Waals surface area contributed by atoms with E-state index in [9.17, 15) is 9.59 Å². The number of carbonyl (C=O) groups is 2. The molecule has 0 saturated carbocycles. The highest BCUT2D eigenvalue weighted by Gasteiger charge is 2.43. The van der Waals surface area contributed by atoms with E-state index in [-0.39, 0.29) is 11.6 Å². The van der Waals surface area contributed by atoms with Gasteiger partial charge in [-0.1, -0.05) is 72.8 Å². The Morgan fingerprint density at radius 1 is 0.750 bits per heavy atom. The lowest BCUT2D eigenvalue weighted by molar-refractivity contribution is -0.117. The van der Waals surface area contributed by atoms with Crippen molar-refractivity contribution in [1.29, 1.82) is 0 Å². The summed E-state index contributed by atoms with van der Waals surface area (Å²) in [6.07, 6.45) is 4.34. The fourth-order valence-corrected chi connectivity index (χ4v) is 7.28. The zero-order chi connectivity index (χ0) is 30.2. The first kappa shape index (κ1) is 28.1. The van der Waals surface area contributed by atoms with Crippen LogP contribution < -0.4 is 9.47 Å². The third kappa shape index (κ3) is 5.00. The molecule has 222 valence electrons. The molecule has 4 aromatic carbocycles. The van der Waals surface area contributed by atoms with E-state index in [1.165, 1.54) is 21.9 Å². The minimum atomic E-state index is -0.393. The van der Waals surface area contributed by atoms with Crippen LogP contribution in [0.5, 0.6) is 11.5 Å². The van der Waals surface area contributed by atoms with Crippen LogP contribution in [0.15, 0.2) is 107 Å². The third-order valence-electron chi connectivity index (χ3n) is 9.44. The van der Waals surface area contributed by atoms with Crippen molar-refractivity contribution in [1.82, 2.24) is 4.90 Å². The van der Waals surface area contributed by atoms with E-state index in [4.69, 9.17) is 9.47 Å². The van der Waals surface area contributed by atoms with Gasteiger partial charge in [0.25, 0.3) is 0 Å². The first-order chi connectivity index (χ1) is 21.5. The molecular weight excluding hydrogens is 546 g/mol. The summed E-state index contributed by atoms with van der Waals surface area (Å²) in [6.45, 7) is 3.17. The second-order valence-electron chi connectivity index (χ2n) is 12.1. The molecule has 2 aliphatic carbocycles. The molecule has 1 heterocycles. The van der Waals surface area contributed by atoms with Crippen molar-refractivity contribution in [2.24, 2.45) is 0 Å². The van der Waals surface area contributed by atoms with Gasteiger partial charge in [-0.25, -0.2) is 0 Å². The molecule has 0 radical (unpaired) electrons. The molecule has 0 fully saturated rings. The number of allylic oxidation sites excluding steroid dienone is 4. The van der Waals surface area contributed by atoms with Crippen molar-refractivity contribution in [2.45, 2.75) is 64.5 Å². The number of nitrogens with zero attached hydrogens (tertiary/aromatic N) is 1. The number of hydrogen-bond acceptors (Lipinski definition) is 5. The third-order valence-corrected chi connectivity index (χ3v) is 9.44. The summed E-state index contributed by atoms with van der Waals surface area (Å²) in [5.74, 6) is 1.13. The van der Waals surface area contributed by atoms with Gasteiger partial charge in [-0.3, -0.25) is 9.59 Å². The molecule has 4 aromatic rings. The minimum absolute atomic E-state index is 0.143. The average molecular weight is 584 g/mol. The van der Waals surface area contributed by atoms with Crippen molar-refractivity contribution in [3.8, 4) is 11.5 Å². The van der Waals surface area contributed by atoms with E-state index in [1.807, 2.05) is 42.5 Å². The van der Waals surface area contributed by atoms with E-state index in [2.05, 4.69) is 54.3 Å². The number of ether oxygens (including phenoxy) is 2. The second kappa shape index (κ2) is 11.8. The fourth-order valence-electron chi connectivity index (χ4n) is 7.28. The number of ketones is 2. The van der Waals surface area contributed by atoms with E-state index in [0.29, 0.717) is 37.5 Å². The first-order valence-electron chi connectivity index (χ1n) is 15.7. The standard InChI is InChI=1S/C39H37NO4/c1-25-18-19-27-12-6-7-13-29(27)30(25)24-44-35-21-20-28(22-36(35)43-2)37-38-31(14-8-16-33(38)41)40(23-26-10-4-3-5-11-26)32-15-9-17-34(42)39(32)37/h3-7,10-13,18-22,37H,8-9,14-17,23-24H2,1-2H3. The Labute approximate surface area is 258 Å². The molecule has 5 heteroatoms. The van der Waals surface area contributed by atoms with Gasteiger partial charge in [0.1, 0.15) is 6.61 Å². The van der Waals surface area contributed by atoms with Crippen LogP contribution in [0.25, 0.3) is 10.8 Å². The number of hydrogen-bond donors (Lipinski definition) is 0. The van der Waals surface area contributed by atoms with Crippen LogP contribution in [0.4, 0.5) is 0 Å². The maximum Gasteiger partial charge on any atom is 0.161 e. The topological polar surface area (TPSA) is 55.8 Å². The summed E-state index contributed by atoms with van der Waals surface area (Å²) in [6, 6.07) is 28.9. The van der Waals surface area contributed by atoms with Crippen LogP contribution in [-0.2, 0) is 22.7 Å². The quantitative estimate of drug-likeness (QED) is 0.219. The number of carbonyl (C=O) groups excluding carboxylic acids is 2. The van der Waals surface area contributed by atoms with Gasteiger partial charge in [0.2, 0.25) is 0 Å². The number of methoxy groups -OCH3 is 1. The first-order valence-corrected chi connectivity index (χ1v) is 15.7. The molecule has 5 nitrogen and oxygen atoms in total. The second-order valence-corrected chi connectivity index (χ2v) is 12.1. The molecule has 44 heavy (non-hydrogen) atoms. The molecule has 0 aromatic heterocycles. The van der Waals surface area contributed by atoms with Crippen molar-refractivity contribution >= 4 is 22.3 Å². The summed E-state index contributed by atoms with van der Waals surface area (Å²) in [4.78, 5) is 29.8. The van der Waals surface area contributed by atoms with E-state index in [1.54, 1.807) is 7.11 Å². The summed E-state index contributed by atoms with van der Waals surface area (Å²) in [5.41, 5.74) is 8.11. The Kier molecular flexibility index (Phi) is 7.55. The van der Waals surface area contributed by atoms with Crippen molar-refractivity contribution in [3.05, 3.63) is 130 Å². The Morgan fingerprint density at radius 3 is 2.14 bits per heavy atom. The van der Waals surface area contributed by atoms with E-state index < -0.39 is 5.92 Å². The fraction of sp³-hybridized carbons (Fsp3) is 0.282. The van der Waals surface area contributed by atoms with Crippen LogP contribution in [0.3, 0.4) is 0 Å². The smallest absolute Gasteiger partial charge is 0.161 e. The molecule has 0 spiro atoms. The normalized spacial score (nSPS) is 17.2. The van der Waals surface area contributed by atoms with Crippen molar-refractivity contribution in [2.75, 3.05) is 7.11 Å². The lowest BCUT2D eigenvalue weighted by Crippen LogP contribution is -2.38. The van der Waals surface area contributed by atoms with Crippen LogP contribution in [0, 0.1) is 6.92 Å². The highest BCUT2D eigenvalue weighted by Crippen LogP contribution is 2.50. The van der Waals surface area contributed by atoms with Gasteiger partial charge in [0, 0.05) is 53.4 Å². The lowest BCUT2D eigenvalue weighted by Gasteiger charge is -2.44. The Hall–Kier alpha value is -4.64. The number of fused-ring (bicyclic) bond motifs is 1. The van der Waals surface area contributed by atoms with Crippen LogP contribution in [-0.4, -0.2) is 23.6 Å². The zero-order valence-electron chi connectivity index (χ0n) is 25.4. The monoisotopic (exact) mass is 583 g/mol. The van der Waals surface area contributed by atoms with Gasteiger partial charge < -0.3 is 14.4 Å². The van der Waals surface area contributed by atoms with Crippen LogP contribution in [0.1, 0.15) is 66.7 Å². The Morgan fingerprint density at radius 2 is 1.43 bits per heavy atom. The van der Waals surface area contributed by atoms with Gasteiger partial charge in [0.05, 0.1) is 7.11 Å². The van der Waals surface area contributed by atoms with Gasteiger partial charge in [-0.15, -0.1) is 0 Å². The summed E-state index contributed by atoms with van der Waals surface area (Å²) in [7, 11) is 1.64. The molecule has 0 N–H and O–H groups in total. The van der Waals surface area contributed by atoms with Crippen molar-refractivity contribution in [3.63, 3.8) is 0 Å². The minimum Gasteiger partial charge on any atom is -0.493 e. The van der Waals surface area contributed by atoms with Gasteiger partial charge in [-0.2, -0.15) is 0 Å². The number of benzene rings is 4. The largest absolute Gasteiger partial charge is 0.493 e. The maximum absolute atomic E-state index is 13.7. The highest BCUT2D eigenvalue weighted by atomic mass is 16.5. The van der Waals surface area contributed by atoms with Gasteiger partial charge >= 0.3 is 0 Å². The summed E-state index contributed by atoms with van der Waals surface area (Å²) >= 11 is 0. The molecule has 0 amide bonds. The maximum atomic E-state index is 13.7. The summed E-state index contributed by atoms with van der Waals surface area (Å²) in [5, 5.41) is 2.36. The van der Waals surface area contributed by atoms with E-state index in [0.717, 1.165) is 59.4 Å². The summed E-state index contributed by atoms with van der Waals surface area (Å²) < 4.78 is 12.3. The molecular formula is C39H37NO4. The highest BCUT2D eigenvalue weighted by molar-refractivity contribution is 6.06. The SMILES string of the molecule is COc1cc(C2C3=C(CCCC3=O)N(Cc3ccccc3)C3=C2C(=O)CCC3)ccc1OCc1c(C)ccc2ccccc12.